The Hall–Kier alpha value is -1.21. The molecular weight excluding hydrogens is 252 g/mol. The summed E-state index contributed by atoms with van der Waals surface area (Å²) in [6.07, 6.45) is 0.512. The summed E-state index contributed by atoms with van der Waals surface area (Å²) in [5.41, 5.74) is 5.37. The first-order valence-corrected chi connectivity index (χ1v) is 6.25. The molecular formula is C11H22N4O2S. The van der Waals surface area contributed by atoms with Gasteiger partial charge in [0.2, 0.25) is 11.8 Å². The minimum absolute atomic E-state index is 0.0574. The van der Waals surface area contributed by atoms with Crippen molar-refractivity contribution in [3.8, 4) is 0 Å². The molecule has 0 heterocycles. The van der Waals surface area contributed by atoms with Gasteiger partial charge < -0.3 is 16.0 Å². The van der Waals surface area contributed by atoms with E-state index < -0.39 is 0 Å². The minimum Gasteiger partial charge on any atom is -0.393 e. The first-order valence-electron chi connectivity index (χ1n) is 5.84. The lowest BCUT2D eigenvalue weighted by Crippen LogP contribution is -2.42. The number of rotatable bonds is 8. The van der Waals surface area contributed by atoms with Crippen molar-refractivity contribution < 1.29 is 9.59 Å². The molecule has 3 N–H and O–H groups in total. The van der Waals surface area contributed by atoms with Gasteiger partial charge in [0, 0.05) is 26.6 Å². The highest BCUT2D eigenvalue weighted by Crippen LogP contribution is 1.92. The predicted molar refractivity (Wildman–Crippen MR) is 75.2 cm³/mol. The van der Waals surface area contributed by atoms with Crippen LogP contribution in [0.15, 0.2) is 0 Å². The number of amides is 2. The number of carbonyl (C=O) groups is 2. The Morgan fingerprint density at radius 2 is 1.89 bits per heavy atom. The fraction of sp³-hybridized carbons (Fsp3) is 0.727. The highest BCUT2D eigenvalue weighted by atomic mass is 32.1. The van der Waals surface area contributed by atoms with Crippen LogP contribution in [-0.4, -0.2) is 66.9 Å². The second-order valence-corrected chi connectivity index (χ2v) is 4.68. The molecule has 7 heteroatoms. The predicted octanol–water partition coefficient (Wildman–Crippen LogP) is -0.811. The molecule has 0 saturated carbocycles. The van der Waals surface area contributed by atoms with Crippen molar-refractivity contribution in [2.45, 2.75) is 13.3 Å². The van der Waals surface area contributed by atoms with Gasteiger partial charge in [-0.25, -0.2) is 0 Å². The molecule has 0 saturated heterocycles. The third-order valence-electron chi connectivity index (χ3n) is 2.31. The van der Waals surface area contributed by atoms with Crippen LogP contribution in [0.1, 0.15) is 13.3 Å². The number of carbonyl (C=O) groups excluding carboxylic acids is 2. The number of thiocarbonyl (C=S) groups is 1. The molecule has 104 valence electrons. The molecule has 2 amide bonds. The van der Waals surface area contributed by atoms with Crippen molar-refractivity contribution in [3.63, 3.8) is 0 Å². The van der Waals surface area contributed by atoms with E-state index in [9.17, 15) is 9.59 Å². The molecule has 0 atom stereocenters. The molecule has 0 aromatic rings. The van der Waals surface area contributed by atoms with Gasteiger partial charge in [-0.15, -0.1) is 0 Å². The Morgan fingerprint density at radius 1 is 1.28 bits per heavy atom. The normalized spacial score (nSPS) is 10.2. The molecule has 0 aliphatic rings. The van der Waals surface area contributed by atoms with Gasteiger partial charge in [-0.3, -0.25) is 14.5 Å². The molecule has 0 radical (unpaired) electrons. The lowest BCUT2D eigenvalue weighted by atomic mass is 10.3. The topological polar surface area (TPSA) is 78.7 Å². The summed E-state index contributed by atoms with van der Waals surface area (Å²) >= 11 is 4.75. The Morgan fingerprint density at radius 3 is 2.39 bits per heavy atom. The maximum Gasteiger partial charge on any atom is 0.236 e. The van der Waals surface area contributed by atoms with E-state index in [0.717, 1.165) is 0 Å². The van der Waals surface area contributed by atoms with Gasteiger partial charge in [0.1, 0.15) is 0 Å². The zero-order valence-corrected chi connectivity index (χ0v) is 12.0. The fourth-order valence-corrected chi connectivity index (χ4v) is 1.40. The Balaban J connectivity index is 3.98. The van der Waals surface area contributed by atoms with Crippen LogP contribution in [-0.2, 0) is 9.59 Å². The van der Waals surface area contributed by atoms with E-state index in [4.69, 9.17) is 18.0 Å². The van der Waals surface area contributed by atoms with Gasteiger partial charge in [0.25, 0.3) is 0 Å². The van der Waals surface area contributed by atoms with Crippen LogP contribution < -0.4 is 11.1 Å². The summed E-state index contributed by atoms with van der Waals surface area (Å²) in [7, 11) is 3.43. The molecule has 18 heavy (non-hydrogen) atoms. The van der Waals surface area contributed by atoms with Gasteiger partial charge >= 0.3 is 0 Å². The lowest BCUT2D eigenvalue weighted by molar-refractivity contribution is -0.131. The van der Waals surface area contributed by atoms with Crippen LogP contribution in [0.5, 0.6) is 0 Å². The quantitative estimate of drug-likeness (QED) is 0.566. The number of likely N-dealkylation sites (N-methyl/N-ethyl adjacent to an activating group) is 3. The third kappa shape index (κ3) is 7.97. The van der Waals surface area contributed by atoms with Crippen molar-refractivity contribution in [3.05, 3.63) is 0 Å². The van der Waals surface area contributed by atoms with Crippen LogP contribution in [0.3, 0.4) is 0 Å². The van der Waals surface area contributed by atoms with E-state index in [2.05, 4.69) is 5.32 Å². The molecule has 0 bridgehead atoms. The highest BCUT2D eigenvalue weighted by Gasteiger charge is 2.13. The molecule has 0 spiro atoms. The summed E-state index contributed by atoms with van der Waals surface area (Å²) in [4.78, 5) is 26.7. The van der Waals surface area contributed by atoms with Crippen LogP contribution in [0.4, 0.5) is 0 Å². The SMILES string of the molecule is CCNC(=O)CN(C)CC(=O)N(C)CCC(N)=S. The maximum atomic E-state index is 11.8. The first-order chi connectivity index (χ1) is 8.36. The highest BCUT2D eigenvalue weighted by molar-refractivity contribution is 7.80. The number of nitrogens with one attached hydrogen (secondary N) is 1. The summed E-state index contributed by atoms with van der Waals surface area (Å²) < 4.78 is 0. The molecule has 0 unspecified atom stereocenters. The number of nitrogens with two attached hydrogens (primary N) is 1. The van der Waals surface area contributed by atoms with E-state index >= 15 is 0 Å². The number of hydrogen-bond acceptors (Lipinski definition) is 4. The second-order valence-electron chi connectivity index (χ2n) is 4.16. The van der Waals surface area contributed by atoms with E-state index in [-0.39, 0.29) is 24.9 Å². The van der Waals surface area contributed by atoms with Gasteiger partial charge in [-0.1, -0.05) is 12.2 Å². The van der Waals surface area contributed by atoms with Gasteiger partial charge in [-0.05, 0) is 14.0 Å². The van der Waals surface area contributed by atoms with Crippen molar-refractivity contribution in [1.82, 2.24) is 15.1 Å². The molecule has 0 aliphatic carbocycles. The average Bonchev–Trinajstić information content (AvgIpc) is 2.25. The van der Waals surface area contributed by atoms with E-state index in [1.54, 1.807) is 23.9 Å². The van der Waals surface area contributed by atoms with Crippen LogP contribution in [0, 0.1) is 0 Å². The molecule has 0 rings (SSSR count). The van der Waals surface area contributed by atoms with E-state index in [1.807, 2.05) is 6.92 Å². The summed E-state index contributed by atoms with van der Waals surface area (Å²) in [6, 6.07) is 0. The van der Waals surface area contributed by atoms with Crippen LogP contribution >= 0.6 is 12.2 Å². The Labute approximate surface area is 113 Å². The number of nitrogens with zero attached hydrogens (tertiary/aromatic N) is 2. The average molecular weight is 274 g/mol. The molecule has 0 aliphatic heterocycles. The summed E-state index contributed by atoms with van der Waals surface area (Å²) in [5.74, 6) is -0.142. The standard InChI is InChI=1S/C11H22N4O2S/c1-4-13-10(16)7-14(2)8-11(17)15(3)6-5-9(12)18/h4-8H2,1-3H3,(H2,12,18)(H,13,16). The molecule has 0 aromatic heterocycles. The smallest absolute Gasteiger partial charge is 0.236 e. The third-order valence-corrected chi connectivity index (χ3v) is 2.52. The molecule has 0 fully saturated rings. The van der Waals surface area contributed by atoms with E-state index in [1.165, 1.54) is 0 Å². The van der Waals surface area contributed by atoms with Crippen LogP contribution in [0.25, 0.3) is 0 Å². The Kier molecular flexibility index (Phi) is 8.23. The summed E-state index contributed by atoms with van der Waals surface area (Å²) in [5, 5.41) is 2.68. The zero-order chi connectivity index (χ0) is 14.1. The first kappa shape index (κ1) is 16.8. The number of hydrogen-bond donors (Lipinski definition) is 2. The molecule has 6 nitrogen and oxygen atoms in total. The van der Waals surface area contributed by atoms with Crippen molar-refractivity contribution in [2.75, 3.05) is 40.3 Å². The van der Waals surface area contributed by atoms with Gasteiger partial charge in [-0.2, -0.15) is 0 Å². The van der Waals surface area contributed by atoms with Gasteiger partial charge in [0.15, 0.2) is 0 Å². The van der Waals surface area contributed by atoms with Crippen LogP contribution in [0.2, 0.25) is 0 Å². The minimum atomic E-state index is -0.0846. The largest absolute Gasteiger partial charge is 0.393 e. The van der Waals surface area contributed by atoms with Crippen molar-refractivity contribution >= 4 is 29.0 Å². The monoisotopic (exact) mass is 274 g/mol. The van der Waals surface area contributed by atoms with Crippen molar-refractivity contribution in [1.29, 1.82) is 0 Å². The van der Waals surface area contributed by atoms with E-state index in [0.29, 0.717) is 24.5 Å². The van der Waals surface area contributed by atoms with Crippen molar-refractivity contribution in [2.24, 2.45) is 5.73 Å². The summed E-state index contributed by atoms with van der Waals surface area (Å²) in [6.45, 7) is 3.36. The maximum absolute atomic E-state index is 11.8. The lowest BCUT2D eigenvalue weighted by Gasteiger charge is -2.21. The second kappa shape index (κ2) is 8.82. The molecule has 0 aromatic carbocycles. The fourth-order valence-electron chi connectivity index (χ4n) is 1.31. The van der Waals surface area contributed by atoms with Gasteiger partial charge in [0.05, 0.1) is 18.1 Å². The zero-order valence-electron chi connectivity index (χ0n) is 11.2. The Bertz CT molecular complexity index is 309.